The Labute approximate surface area is 100 Å². The molecule has 17 heavy (non-hydrogen) atoms. The summed E-state index contributed by atoms with van der Waals surface area (Å²) in [6, 6.07) is 5.67. The molecule has 0 unspecified atom stereocenters. The zero-order chi connectivity index (χ0) is 12.8. The smallest absolute Gasteiger partial charge is 0.218 e. The molecule has 1 rings (SSSR count). The lowest BCUT2D eigenvalue weighted by molar-refractivity contribution is 0.416. The number of nitrogens with one attached hydrogen (secondary N) is 1. The lowest BCUT2D eigenvalue weighted by Gasteiger charge is -2.12. The van der Waals surface area contributed by atoms with Crippen LogP contribution in [0, 0.1) is 6.92 Å². The van der Waals surface area contributed by atoms with Crippen LogP contribution in [-0.4, -0.2) is 26.1 Å². The van der Waals surface area contributed by atoms with Gasteiger partial charge in [0.2, 0.25) is 11.9 Å². The number of guanidine groups is 2. The predicted molar refractivity (Wildman–Crippen MR) is 70.5 cm³/mol. The number of rotatable bonds is 2. The van der Waals surface area contributed by atoms with Crippen molar-refractivity contribution < 1.29 is 4.74 Å². The van der Waals surface area contributed by atoms with E-state index in [-0.39, 0.29) is 11.9 Å². The molecule has 1 aromatic rings. The van der Waals surface area contributed by atoms with Crippen LogP contribution in [0.2, 0.25) is 0 Å². The monoisotopic (exact) mass is 235 g/mol. The lowest BCUT2D eigenvalue weighted by Crippen LogP contribution is -2.26. The van der Waals surface area contributed by atoms with Gasteiger partial charge in [-0.05, 0) is 18.6 Å². The van der Waals surface area contributed by atoms with E-state index in [2.05, 4.69) is 15.3 Å². The summed E-state index contributed by atoms with van der Waals surface area (Å²) in [7, 11) is 3.13. The quantitative estimate of drug-likeness (QED) is 0.518. The molecule has 92 valence electrons. The van der Waals surface area contributed by atoms with Crippen LogP contribution in [0.25, 0.3) is 0 Å². The fraction of sp³-hybridized carbons (Fsp3) is 0.273. The molecule has 0 saturated heterocycles. The van der Waals surface area contributed by atoms with Crippen molar-refractivity contribution in [3.8, 4) is 5.75 Å². The van der Waals surface area contributed by atoms with Crippen LogP contribution in [0.3, 0.4) is 0 Å². The summed E-state index contributed by atoms with van der Waals surface area (Å²) < 4.78 is 5.22. The third kappa shape index (κ3) is 3.37. The maximum atomic E-state index is 5.70. The van der Waals surface area contributed by atoms with Crippen molar-refractivity contribution in [2.45, 2.75) is 6.92 Å². The second kappa shape index (κ2) is 5.74. The first kappa shape index (κ1) is 12.8. The summed E-state index contributed by atoms with van der Waals surface area (Å²) in [4.78, 5) is 7.55. The SMILES string of the molecule is CN=C(N)N=C(N)Nc1c(C)cccc1OC. The molecule has 6 nitrogen and oxygen atoms in total. The molecule has 0 bridgehead atoms. The van der Waals surface area contributed by atoms with Gasteiger partial charge in [-0.2, -0.15) is 4.99 Å². The Hall–Kier alpha value is -2.24. The highest BCUT2D eigenvalue weighted by molar-refractivity contribution is 6.01. The predicted octanol–water partition coefficient (Wildman–Crippen LogP) is 0.675. The normalized spacial score (nSPS) is 12.4. The Morgan fingerprint density at radius 1 is 1.35 bits per heavy atom. The van der Waals surface area contributed by atoms with Gasteiger partial charge >= 0.3 is 0 Å². The van der Waals surface area contributed by atoms with E-state index in [9.17, 15) is 0 Å². The lowest BCUT2D eigenvalue weighted by atomic mass is 10.2. The number of hydrogen-bond acceptors (Lipinski definition) is 2. The van der Waals surface area contributed by atoms with Crippen molar-refractivity contribution in [1.82, 2.24) is 0 Å². The summed E-state index contributed by atoms with van der Waals surface area (Å²) in [6.07, 6.45) is 0. The third-order valence-corrected chi connectivity index (χ3v) is 2.17. The number of benzene rings is 1. The van der Waals surface area contributed by atoms with Crippen molar-refractivity contribution >= 4 is 17.6 Å². The van der Waals surface area contributed by atoms with Crippen molar-refractivity contribution in [1.29, 1.82) is 0 Å². The first-order chi connectivity index (χ1) is 8.08. The Balaban J connectivity index is 2.99. The summed E-state index contributed by atoms with van der Waals surface area (Å²) in [5, 5.41) is 2.94. The van der Waals surface area contributed by atoms with Crippen LogP contribution in [0.5, 0.6) is 5.75 Å². The van der Waals surface area contributed by atoms with E-state index >= 15 is 0 Å². The van der Waals surface area contributed by atoms with Crippen LogP contribution < -0.4 is 21.5 Å². The summed E-state index contributed by atoms with van der Waals surface area (Å²) in [5.74, 6) is 0.971. The Morgan fingerprint density at radius 2 is 2.06 bits per heavy atom. The molecule has 0 amide bonds. The highest BCUT2D eigenvalue weighted by atomic mass is 16.5. The molecule has 0 aliphatic carbocycles. The highest BCUT2D eigenvalue weighted by Crippen LogP contribution is 2.27. The molecule has 0 saturated carbocycles. The third-order valence-electron chi connectivity index (χ3n) is 2.17. The van der Waals surface area contributed by atoms with Crippen molar-refractivity contribution in [2.75, 3.05) is 19.5 Å². The molecule has 0 aliphatic heterocycles. The molecule has 0 atom stereocenters. The van der Waals surface area contributed by atoms with Gasteiger partial charge in [0.1, 0.15) is 5.75 Å². The minimum absolute atomic E-state index is 0.113. The second-order valence-corrected chi connectivity index (χ2v) is 3.36. The van der Waals surface area contributed by atoms with Gasteiger partial charge in [0.05, 0.1) is 12.8 Å². The van der Waals surface area contributed by atoms with Gasteiger partial charge in [-0.1, -0.05) is 12.1 Å². The number of aryl methyl sites for hydroxylation is 1. The van der Waals surface area contributed by atoms with Crippen LogP contribution in [-0.2, 0) is 0 Å². The van der Waals surface area contributed by atoms with E-state index in [1.54, 1.807) is 14.2 Å². The summed E-state index contributed by atoms with van der Waals surface area (Å²) in [6.45, 7) is 1.94. The molecule has 0 spiro atoms. The van der Waals surface area contributed by atoms with Gasteiger partial charge in [-0.25, -0.2) is 0 Å². The first-order valence-electron chi connectivity index (χ1n) is 5.05. The Bertz CT molecular complexity index is 453. The molecule has 6 heteroatoms. The highest BCUT2D eigenvalue weighted by Gasteiger charge is 2.06. The molecular formula is C11H17N5O. The molecule has 0 heterocycles. The van der Waals surface area contributed by atoms with Crippen LogP contribution in [0.15, 0.2) is 28.2 Å². The van der Waals surface area contributed by atoms with Gasteiger partial charge in [0.15, 0.2) is 0 Å². The van der Waals surface area contributed by atoms with Crippen LogP contribution >= 0.6 is 0 Å². The minimum Gasteiger partial charge on any atom is -0.495 e. The zero-order valence-corrected chi connectivity index (χ0v) is 10.2. The van der Waals surface area contributed by atoms with Gasteiger partial charge < -0.3 is 21.5 Å². The van der Waals surface area contributed by atoms with E-state index in [1.807, 2.05) is 25.1 Å². The van der Waals surface area contributed by atoms with Crippen LogP contribution in [0.4, 0.5) is 5.69 Å². The molecular weight excluding hydrogens is 218 g/mol. The van der Waals surface area contributed by atoms with Gasteiger partial charge in [-0.3, -0.25) is 4.99 Å². The number of aliphatic imine (C=N–C) groups is 2. The standard InChI is InChI=1S/C11H17N5O/c1-7-5-4-6-8(17-3)9(7)15-11(13)16-10(12)14-2/h4-6H,1-3H3,(H5,12,13,14,15,16). The van der Waals surface area contributed by atoms with E-state index in [4.69, 9.17) is 16.2 Å². The maximum Gasteiger partial charge on any atom is 0.218 e. The molecule has 0 aliphatic rings. The van der Waals surface area contributed by atoms with Crippen molar-refractivity contribution in [3.63, 3.8) is 0 Å². The van der Waals surface area contributed by atoms with Gasteiger partial charge in [-0.15, -0.1) is 0 Å². The Morgan fingerprint density at radius 3 is 2.65 bits per heavy atom. The fourth-order valence-electron chi connectivity index (χ4n) is 1.30. The largest absolute Gasteiger partial charge is 0.495 e. The summed E-state index contributed by atoms with van der Waals surface area (Å²) >= 11 is 0. The number of hydrogen-bond donors (Lipinski definition) is 3. The maximum absolute atomic E-state index is 5.70. The number of para-hydroxylation sites is 1. The first-order valence-corrected chi connectivity index (χ1v) is 5.05. The number of methoxy groups -OCH3 is 1. The molecule has 5 N–H and O–H groups in total. The average molecular weight is 235 g/mol. The number of nitrogens with two attached hydrogens (primary N) is 2. The topological polar surface area (TPSA) is 98.0 Å². The van der Waals surface area contributed by atoms with Crippen LogP contribution in [0.1, 0.15) is 5.56 Å². The second-order valence-electron chi connectivity index (χ2n) is 3.36. The Kier molecular flexibility index (Phi) is 4.33. The zero-order valence-electron chi connectivity index (χ0n) is 10.2. The van der Waals surface area contributed by atoms with Crippen molar-refractivity contribution in [2.24, 2.45) is 21.5 Å². The van der Waals surface area contributed by atoms with Gasteiger partial charge in [0, 0.05) is 7.05 Å². The average Bonchev–Trinajstić information content (AvgIpc) is 2.31. The van der Waals surface area contributed by atoms with Crippen molar-refractivity contribution in [3.05, 3.63) is 23.8 Å². The number of ether oxygens (including phenoxy) is 1. The van der Waals surface area contributed by atoms with E-state index in [0.717, 1.165) is 11.3 Å². The molecule has 1 aromatic carbocycles. The molecule has 0 fully saturated rings. The fourth-order valence-corrected chi connectivity index (χ4v) is 1.30. The molecule has 0 radical (unpaired) electrons. The van der Waals surface area contributed by atoms with E-state index < -0.39 is 0 Å². The molecule has 0 aromatic heterocycles. The number of nitrogens with zero attached hydrogens (tertiary/aromatic N) is 2. The van der Waals surface area contributed by atoms with E-state index in [0.29, 0.717) is 5.75 Å². The van der Waals surface area contributed by atoms with Gasteiger partial charge in [0.25, 0.3) is 0 Å². The minimum atomic E-state index is 0.113. The van der Waals surface area contributed by atoms with E-state index in [1.165, 1.54) is 0 Å². The number of anilines is 1. The summed E-state index contributed by atoms with van der Waals surface area (Å²) in [5.41, 5.74) is 12.9.